The van der Waals surface area contributed by atoms with E-state index in [1.165, 1.54) is 37.1 Å². The molecule has 0 aliphatic rings. The quantitative estimate of drug-likeness (QED) is 0.802. The molecule has 0 saturated carbocycles. The van der Waals surface area contributed by atoms with Crippen molar-refractivity contribution in [2.45, 2.75) is 9.92 Å². The average Bonchev–Trinajstić information content (AvgIpc) is 2.46. The molecule has 0 unspecified atom stereocenters. The number of ether oxygens (including phenoxy) is 1. The molecule has 2 rings (SSSR count). The fourth-order valence-electron chi connectivity index (χ4n) is 1.55. The summed E-state index contributed by atoms with van der Waals surface area (Å²) in [6.45, 7) is 0. The highest BCUT2D eigenvalue weighted by Crippen LogP contribution is 2.28. The number of hydrogen-bond acceptors (Lipinski definition) is 6. The van der Waals surface area contributed by atoms with Gasteiger partial charge >= 0.3 is 0 Å². The summed E-state index contributed by atoms with van der Waals surface area (Å²) in [6, 6.07) is 5.59. The van der Waals surface area contributed by atoms with Crippen molar-refractivity contribution < 1.29 is 13.2 Å². The number of aromatic nitrogens is 2. The summed E-state index contributed by atoms with van der Waals surface area (Å²) in [5.41, 5.74) is 0. The van der Waals surface area contributed by atoms with Gasteiger partial charge in [-0.1, -0.05) is 23.2 Å². The number of nitrogens with one attached hydrogen (secondary N) is 1. The summed E-state index contributed by atoms with van der Waals surface area (Å²) >= 11 is 13.0. The van der Waals surface area contributed by atoms with Crippen LogP contribution < -0.4 is 9.46 Å². The fourth-order valence-corrected chi connectivity index (χ4v) is 3.63. The molecule has 10 heteroatoms. The second kappa shape index (κ2) is 6.91. The van der Waals surface area contributed by atoms with Crippen molar-refractivity contribution in [3.05, 3.63) is 34.3 Å². The molecule has 0 fully saturated rings. The van der Waals surface area contributed by atoms with Crippen molar-refractivity contribution >= 4 is 50.8 Å². The Morgan fingerprint density at radius 2 is 1.77 bits per heavy atom. The van der Waals surface area contributed by atoms with Crippen molar-refractivity contribution in [1.29, 1.82) is 0 Å². The molecular weight excluding hydrogens is 369 g/mol. The summed E-state index contributed by atoms with van der Waals surface area (Å²) in [5.74, 6) is 0.243. The molecule has 118 valence electrons. The topological polar surface area (TPSA) is 81.2 Å². The molecule has 0 radical (unpaired) electrons. The minimum atomic E-state index is -3.92. The molecule has 0 atom stereocenters. The first-order valence-electron chi connectivity index (χ1n) is 5.80. The van der Waals surface area contributed by atoms with E-state index in [2.05, 4.69) is 14.9 Å². The second-order valence-corrected chi connectivity index (χ2v) is 7.40. The molecule has 1 aromatic heterocycles. The van der Waals surface area contributed by atoms with Crippen LogP contribution in [0, 0.1) is 0 Å². The lowest BCUT2D eigenvalue weighted by Gasteiger charge is -2.11. The molecule has 6 nitrogen and oxygen atoms in total. The minimum absolute atomic E-state index is 0.0172. The Morgan fingerprint density at radius 3 is 2.32 bits per heavy atom. The fraction of sp³-hybridized carbons (Fsp3) is 0.167. The van der Waals surface area contributed by atoms with E-state index < -0.39 is 10.0 Å². The highest BCUT2D eigenvalue weighted by molar-refractivity contribution is 7.98. The number of methoxy groups -OCH3 is 1. The summed E-state index contributed by atoms with van der Waals surface area (Å²) < 4.78 is 32.2. The van der Waals surface area contributed by atoms with Gasteiger partial charge in [-0.15, -0.1) is 22.0 Å². The van der Waals surface area contributed by atoms with Gasteiger partial charge in [0.05, 0.1) is 12.0 Å². The van der Waals surface area contributed by atoms with Gasteiger partial charge in [-0.2, -0.15) is 0 Å². The zero-order chi connectivity index (χ0) is 16.3. The maximum Gasteiger partial charge on any atom is 0.263 e. The normalized spacial score (nSPS) is 11.3. The Morgan fingerprint density at radius 1 is 1.14 bits per heavy atom. The zero-order valence-electron chi connectivity index (χ0n) is 11.5. The zero-order valence-corrected chi connectivity index (χ0v) is 14.6. The molecule has 1 N–H and O–H groups in total. The van der Waals surface area contributed by atoms with E-state index in [1.54, 1.807) is 6.07 Å². The third-order valence-corrected chi connectivity index (χ3v) is 4.92. The van der Waals surface area contributed by atoms with E-state index >= 15 is 0 Å². The number of hydrogen-bond donors (Lipinski definition) is 1. The third kappa shape index (κ3) is 3.95. The number of sulfonamides is 1. The van der Waals surface area contributed by atoms with E-state index in [-0.39, 0.29) is 26.5 Å². The molecule has 0 bridgehead atoms. The van der Waals surface area contributed by atoms with Crippen molar-refractivity contribution in [1.82, 2.24) is 10.2 Å². The molecule has 22 heavy (non-hydrogen) atoms. The standard InChI is InChI=1S/C12H11Cl2N3O3S2/c1-20-10-6-11(21-2)15-16-12(10)17-22(18,19)9-4-7(13)3-8(14)5-9/h3-6H,1-2H3,(H,16,17). The van der Waals surface area contributed by atoms with Gasteiger partial charge in [0.2, 0.25) is 5.82 Å². The highest BCUT2D eigenvalue weighted by Gasteiger charge is 2.19. The molecule has 0 amide bonds. The molecule has 0 spiro atoms. The van der Waals surface area contributed by atoms with E-state index in [0.717, 1.165) is 0 Å². The van der Waals surface area contributed by atoms with Crippen LogP contribution in [-0.4, -0.2) is 32.0 Å². The Bertz CT molecular complexity index is 780. The van der Waals surface area contributed by atoms with Crippen LogP contribution in [0.25, 0.3) is 0 Å². The Labute approximate surface area is 142 Å². The number of benzene rings is 1. The number of rotatable bonds is 5. The molecule has 2 aromatic rings. The summed E-state index contributed by atoms with van der Waals surface area (Å²) in [4.78, 5) is -0.0807. The van der Waals surface area contributed by atoms with Crippen LogP contribution in [0.15, 0.2) is 34.2 Å². The van der Waals surface area contributed by atoms with Crippen molar-refractivity contribution in [2.75, 3.05) is 18.1 Å². The van der Waals surface area contributed by atoms with Crippen LogP contribution >= 0.6 is 35.0 Å². The predicted molar refractivity (Wildman–Crippen MR) is 87.6 cm³/mol. The summed E-state index contributed by atoms with van der Waals surface area (Å²) in [6.07, 6.45) is 1.82. The van der Waals surface area contributed by atoms with Crippen molar-refractivity contribution in [3.63, 3.8) is 0 Å². The van der Waals surface area contributed by atoms with E-state index in [1.807, 2.05) is 6.26 Å². The largest absolute Gasteiger partial charge is 0.493 e. The molecule has 1 heterocycles. The van der Waals surface area contributed by atoms with Gasteiger partial charge in [0.25, 0.3) is 10.0 Å². The molecule has 0 aliphatic carbocycles. The van der Waals surface area contributed by atoms with E-state index in [4.69, 9.17) is 27.9 Å². The van der Waals surface area contributed by atoms with Crippen molar-refractivity contribution in [2.24, 2.45) is 0 Å². The lowest BCUT2D eigenvalue weighted by Crippen LogP contribution is -2.15. The first-order valence-corrected chi connectivity index (χ1v) is 9.26. The average molecular weight is 380 g/mol. The number of halogens is 2. The SMILES string of the molecule is COc1cc(SC)nnc1NS(=O)(=O)c1cc(Cl)cc(Cl)c1. The second-order valence-electron chi connectivity index (χ2n) is 4.01. The van der Waals surface area contributed by atoms with Crippen LogP contribution in [0.1, 0.15) is 0 Å². The third-order valence-electron chi connectivity index (χ3n) is 2.54. The van der Waals surface area contributed by atoms with Crippen LogP contribution in [0.3, 0.4) is 0 Å². The molecular formula is C12H11Cl2N3O3S2. The first-order chi connectivity index (χ1) is 10.4. The first kappa shape index (κ1) is 17.1. The van der Waals surface area contributed by atoms with Gasteiger partial charge in [0.1, 0.15) is 5.03 Å². The van der Waals surface area contributed by atoms with Gasteiger partial charge in [-0.25, -0.2) is 8.42 Å². The van der Waals surface area contributed by atoms with Gasteiger partial charge < -0.3 is 4.74 Å². The molecule has 0 saturated heterocycles. The number of thioether (sulfide) groups is 1. The summed E-state index contributed by atoms with van der Waals surface area (Å²) in [5, 5.41) is 8.72. The molecule has 0 aliphatic heterocycles. The maximum absolute atomic E-state index is 12.4. The summed E-state index contributed by atoms with van der Waals surface area (Å²) in [7, 11) is -2.51. The van der Waals surface area contributed by atoms with Gasteiger partial charge in [-0.3, -0.25) is 4.72 Å². The maximum atomic E-state index is 12.4. The molecule has 1 aromatic carbocycles. The number of nitrogens with zero attached hydrogens (tertiary/aromatic N) is 2. The lowest BCUT2D eigenvalue weighted by molar-refractivity contribution is 0.412. The smallest absolute Gasteiger partial charge is 0.263 e. The minimum Gasteiger partial charge on any atom is -0.493 e. The van der Waals surface area contributed by atoms with E-state index in [0.29, 0.717) is 5.03 Å². The Kier molecular flexibility index (Phi) is 5.38. The lowest BCUT2D eigenvalue weighted by atomic mass is 10.4. The predicted octanol–water partition coefficient (Wildman–Crippen LogP) is 3.31. The van der Waals surface area contributed by atoms with Crippen LogP contribution in [0.5, 0.6) is 5.75 Å². The number of anilines is 1. The van der Waals surface area contributed by atoms with Gasteiger partial charge in [0.15, 0.2) is 5.75 Å². The Balaban J connectivity index is 2.40. The van der Waals surface area contributed by atoms with E-state index in [9.17, 15) is 8.42 Å². The van der Waals surface area contributed by atoms with Gasteiger partial charge in [0, 0.05) is 16.1 Å². The monoisotopic (exact) mass is 379 g/mol. The van der Waals surface area contributed by atoms with Gasteiger partial charge in [-0.05, 0) is 24.5 Å². The van der Waals surface area contributed by atoms with Crippen LogP contribution in [0.4, 0.5) is 5.82 Å². The van der Waals surface area contributed by atoms with Crippen LogP contribution in [0.2, 0.25) is 10.0 Å². The van der Waals surface area contributed by atoms with Crippen molar-refractivity contribution in [3.8, 4) is 5.75 Å². The Hall–Kier alpha value is -1.22. The van der Waals surface area contributed by atoms with Crippen LogP contribution in [-0.2, 0) is 10.0 Å². The highest BCUT2D eigenvalue weighted by atomic mass is 35.5.